The summed E-state index contributed by atoms with van der Waals surface area (Å²) in [5.74, 6) is 0. The summed E-state index contributed by atoms with van der Waals surface area (Å²) in [4.78, 5) is 2.45. The van der Waals surface area contributed by atoms with E-state index in [1.165, 1.54) is 63.9 Å². The Morgan fingerprint density at radius 2 is 1.60 bits per heavy atom. The number of likely N-dealkylation sites (tertiary alicyclic amines) is 1. The molecule has 2 rings (SSSR count). The van der Waals surface area contributed by atoms with Crippen LogP contribution in [0.1, 0.15) is 38.5 Å². The summed E-state index contributed by atoms with van der Waals surface area (Å²) < 4.78 is 39.0. The topological polar surface area (TPSA) is 19.9 Å². The fourth-order valence-corrected chi connectivity index (χ4v) is 2.37. The zero-order chi connectivity index (χ0) is 14.8. The summed E-state index contributed by atoms with van der Waals surface area (Å²) in [5.41, 5.74) is 1.54. The summed E-state index contributed by atoms with van der Waals surface area (Å²) in [6.07, 6.45) is 15.0. The third-order valence-corrected chi connectivity index (χ3v) is 3.32. The minimum Gasteiger partial charge on any atom is -0.418 e. The first kappa shape index (κ1) is 17.1. The number of hydrogen-bond donors (Lipinski definition) is 1. The highest BCUT2D eigenvalue weighted by Gasteiger charge is 2.20. The van der Waals surface area contributed by atoms with E-state index in [9.17, 15) is 17.3 Å². The maximum absolute atomic E-state index is 9.75. The summed E-state index contributed by atoms with van der Waals surface area (Å²) in [6, 6.07) is 0. The summed E-state index contributed by atoms with van der Waals surface area (Å²) >= 11 is 0. The van der Waals surface area contributed by atoms with Crippen molar-refractivity contribution in [2.45, 2.75) is 38.5 Å². The van der Waals surface area contributed by atoms with E-state index in [1.54, 1.807) is 0 Å². The van der Waals surface area contributed by atoms with E-state index in [1.807, 2.05) is 0 Å². The Labute approximate surface area is 118 Å². The molecule has 2 fully saturated rings. The van der Waals surface area contributed by atoms with Gasteiger partial charge in [0.2, 0.25) is 0 Å². The molecule has 116 valence electrons. The molecular formula is C13H23BF4N2. The molecule has 0 aromatic rings. The van der Waals surface area contributed by atoms with Gasteiger partial charge in [-0.05, 0) is 50.5 Å². The van der Waals surface area contributed by atoms with Gasteiger partial charge in [0.1, 0.15) is 5.70 Å². The first-order chi connectivity index (χ1) is 9.45. The maximum atomic E-state index is 9.75. The van der Waals surface area contributed by atoms with Crippen molar-refractivity contribution in [3.8, 4) is 0 Å². The van der Waals surface area contributed by atoms with Crippen molar-refractivity contribution in [2.75, 3.05) is 19.6 Å². The largest absolute Gasteiger partial charge is 0.673 e. The highest BCUT2D eigenvalue weighted by Crippen LogP contribution is 2.09. The second kappa shape index (κ2) is 9.05. The highest BCUT2D eigenvalue weighted by atomic mass is 19.5. The van der Waals surface area contributed by atoms with Crippen molar-refractivity contribution in [1.29, 1.82) is 0 Å². The lowest BCUT2D eigenvalue weighted by molar-refractivity contribution is -0.615. The molecule has 0 aromatic carbocycles. The SMILES string of the molecule is C(=CN1CCCCC1)C=C1CCCC[NH2+]1.F[B-](F)(F)F. The number of allylic oxidation sites excluding steroid dienone is 3. The van der Waals surface area contributed by atoms with Crippen molar-refractivity contribution >= 4 is 7.25 Å². The number of hydrogen-bond acceptors (Lipinski definition) is 1. The van der Waals surface area contributed by atoms with E-state index in [-0.39, 0.29) is 0 Å². The lowest BCUT2D eigenvalue weighted by Gasteiger charge is -2.24. The van der Waals surface area contributed by atoms with Crippen LogP contribution in [0.3, 0.4) is 0 Å². The lowest BCUT2D eigenvalue weighted by atomic mass is 10.1. The van der Waals surface area contributed by atoms with Gasteiger partial charge in [-0.2, -0.15) is 0 Å². The zero-order valence-corrected chi connectivity index (χ0v) is 11.7. The quantitative estimate of drug-likeness (QED) is 0.613. The van der Waals surface area contributed by atoms with Gasteiger partial charge in [-0.15, -0.1) is 0 Å². The van der Waals surface area contributed by atoms with E-state index in [2.05, 4.69) is 28.6 Å². The predicted molar refractivity (Wildman–Crippen MR) is 73.5 cm³/mol. The monoisotopic (exact) mass is 294 g/mol. The molecule has 2 aliphatic heterocycles. The zero-order valence-electron chi connectivity index (χ0n) is 11.7. The molecule has 0 atom stereocenters. The predicted octanol–water partition coefficient (Wildman–Crippen LogP) is 2.92. The number of rotatable bonds is 2. The molecule has 2 N–H and O–H groups in total. The second-order valence-corrected chi connectivity index (χ2v) is 5.12. The molecule has 0 bridgehead atoms. The summed E-state index contributed by atoms with van der Waals surface area (Å²) in [7, 11) is -6.00. The van der Waals surface area contributed by atoms with Gasteiger partial charge in [0.15, 0.2) is 0 Å². The van der Waals surface area contributed by atoms with E-state index < -0.39 is 7.25 Å². The van der Waals surface area contributed by atoms with Crippen LogP contribution in [0.15, 0.2) is 24.0 Å². The molecule has 2 saturated heterocycles. The second-order valence-electron chi connectivity index (χ2n) is 5.12. The molecule has 2 aliphatic rings. The third kappa shape index (κ3) is 9.89. The number of quaternary nitrogens is 1. The standard InChI is InChI=1S/C13H22N2.BF4/c1-4-10-15(11-5-1)12-6-8-13-7-2-3-9-14-13;2-1(3,4)5/h6,8,12,14H,1-5,7,9-11H2;/q;-1/p+1. The van der Waals surface area contributed by atoms with E-state index in [0.717, 1.165) is 0 Å². The molecule has 0 radical (unpaired) electrons. The van der Waals surface area contributed by atoms with Crippen molar-refractivity contribution in [1.82, 2.24) is 4.90 Å². The van der Waals surface area contributed by atoms with Gasteiger partial charge in [0.25, 0.3) is 0 Å². The van der Waals surface area contributed by atoms with Gasteiger partial charge in [-0.3, -0.25) is 0 Å². The lowest BCUT2D eigenvalue weighted by Crippen LogP contribution is -2.83. The van der Waals surface area contributed by atoms with Crippen LogP contribution >= 0.6 is 0 Å². The normalized spacial score (nSPS) is 22.8. The molecular weight excluding hydrogens is 271 g/mol. The number of piperidine rings is 2. The number of halogens is 4. The molecule has 0 unspecified atom stereocenters. The summed E-state index contributed by atoms with van der Waals surface area (Å²) in [5, 5.41) is 2.39. The molecule has 0 saturated carbocycles. The van der Waals surface area contributed by atoms with Crippen LogP contribution in [-0.4, -0.2) is 31.8 Å². The average Bonchev–Trinajstić information content (AvgIpc) is 2.39. The molecule has 0 aromatic heterocycles. The Bertz CT molecular complexity index is 309. The highest BCUT2D eigenvalue weighted by molar-refractivity contribution is 6.50. The molecule has 0 amide bonds. The van der Waals surface area contributed by atoms with Crippen LogP contribution in [-0.2, 0) is 0 Å². The number of nitrogens with two attached hydrogens (primary N) is 1. The molecule has 0 spiro atoms. The van der Waals surface area contributed by atoms with E-state index in [0.29, 0.717) is 0 Å². The maximum Gasteiger partial charge on any atom is 0.673 e. The Morgan fingerprint density at radius 3 is 2.15 bits per heavy atom. The minimum atomic E-state index is -6.00. The number of nitrogens with zero attached hydrogens (tertiary/aromatic N) is 1. The minimum absolute atomic E-state index is 1.25. The van der Waals surface area contributed by atoms with E-state index >= 15 is 0 Å². The van der Waals surface area contributed by atoms with Crippen LogP contribution in [0.25, 0.3) is 0 Å². The van der Waals surface area contributed by atoms with Crippen molar-refractivity contribution in [2.24, 2.45) is 0 Å². The van der Waals surface area contributed by atoms with Crippen LogP contribution < -0.4 is 5.32 Å². The molecule has 0 aliphatic carbocycles. The van der Waals surface area contributed by atoms with Crippen molar-refractivity contribution in [3.05, 3.63) is 24.0 Å². The Kier molecular flexibility index (Phi) is 7.73. The van der Waals surface area contributed by atoms with Gasteiger partial charge >= 0.3 is 7.25 Å². The first-order valence-corrected chi connectivity index (χ1v) is 7.27. The molecule has 2 nitrogen and oxygen atoms in total. The molecule has 2 heterocycles. The Morgan fingerprint density at radius 1 is 0.950 bits per heavy atom. The Hall–Kier alpha value is -0.975. The fourth-order valence-electron chi connectivity index (χ4n) is 2.37. The average molecular weight is 294 g/mol. The van der Waals surface area contributed by atoms with Crippen LogP contribution in [0.5, 0.6) is 0 Å². The Balaban J connectivity index is 0.000000347. The summed E-state index contributed by atoms with van der Waals surface area (Å²) in [6.45, 7) is 3.79. The van der Waals surface area contributed by atoms with Gasteiger partial charge in [0.05, 0.1) is 6.54 Å². The van der Waals surface area contributed by atoms with Gasteiger partial charge in [-0.1, -0.05) is 0 Å². The van der Waals surface area contributed by atoms with Crippen LogP contribution in [0.4, 0.5) is 17.3 Å². The smallest absolute Gasteiger partial charge is 0.418 e. The first-order valence-electron chi connectivity index (χ1n) is 7.27. The van der Waals surface area contributed by atoms with Gasteiger partial charge < -0.3 is 27.5 Å². The molecule has 20 heavy (non-hydrogen) atoms. The van der Waals surface area contributed by atoms with Crippen LogP contribution in [0.2, 0.25) is 0 Å². The third-order valence-electron chi connectivity index (χ3n) is 3.32. The van der Waals surface area contributed by atoms with Gasteiger partial charge in [-0.25, -0.2) is 0 Å². The van der Waals surface area contributed by atoms with Gasteiger partial charge in [0, 0.05) is 19.5 Å². The van der Waals surface area contributed by atoms with Crippen LogP contribution in [0, 0.1) is 0 Å². The van der Waals surface area contributed by atoms with E-state index in [4.69, 9.17) is 0 Å². The molecule has 7 heteroatoms. The fraction of sp³-hybridized carbons (Fsp3) is 0.692. The van der Waals surface area contributed by atoms with Crippen molar-refractivity contribution < 1.29 is 22.6 Å². The van der Waals surface area contributed by atoms with Crippen molar-refractivity contribution in [3.63, 3.8) is 0 Å².